The smallest absolute Gasteiger partial charge is 0.0958 e. The maximum atomic E-state index is 12.4. The van der Waals surface area contributed by atoms with E-state index in [4.69, 9.17) is 0 Å². The summed E-state index contributed by atoms with van der Waals surface area (Å²) < 4.78 is 12.4. The Morgan fingerprint density at radius 3 is 1.50 bits per heavy atom. The topological polar surface area (TPSA) is 0 Å². The Morgan fingerprint density at radius 2 is 1.10 bits per heavy atom. The monoisotopic (exact) mass is 284 g/mol. The first-order valence-corrected chi connectivity index (χ1v) is 9.04. The van der Waals surface area contributed by atoms with Crippen molar-refractivity contribution in [2.24, 2.45) is 11.8 Å². The highest BCUT2D eigenvalue weighted by molar-refractivity contribution is 4.90. The third kappa shape index (κ3) is 10.5. The van der Waals surface area contributed by atoms with Crippen LogP contribution in [0.15, 0.2) is 12.4 Å². The summed E-state index contributed by atoms with van der Waals surface area (Å²) in [4.78, 5) is 0. The molecular formula is C19H37F. The summed E-state index contributed by atoms with van der Waals surface area (Å²) in [5.41, 5.74) is 0. The highest BCUT2D eigenvalue weighted by Gasteiger charge is 2.15. The molecule has 0 aromatic carbocycles. The summed E-state index contributed by atoms with van der Waals surface area (Å²) in [6.07, 6.45) is 16.1. The van der Waals surface area contributed by atoms with Gasteiger partial charge in [-0.25, -0.2) is 4.39 Å². The Bertz CT molecular complexity index is 208. The van der Waals surface area contributed by atoms with Crippen LogP contribution >= 0.6 is 0 Å². The summed E-state index contributed by atoms with van der Waals surface area (Å²) >= 11 is 0. The molecule has 120 valence electrons. The van der Waals surface area contributed by atoms with Crippen LogP contribution in [-0.4, -0.2) is 0 Å². The number of halogens is 1. The fourth-order valence-electron chi connectivity index (χ4n) is 3.08. The van der Waals surface area contributed by atoms with E-state index in [2.05, 4.69) is 13.5 Å². The van der Waals surface area contributed by atoms with E-state index in [1.54, 1.807) is 0 Å². The van der Waals surface area contributed by atoms with E-state index in [-0.39, 0.29) is 11.7 Å². The molecule has 0 unspecified atom stereocenters. The lowest BCUT2D eigenvalue weighted by Crippen LogP contribution is -2.05. The number of rotatable bonds is 1. The van der Waals surface area contributed by atoms with Crippen molar-refractivity contribution >= 4 is 0 Å². The zero-order valence-electron chi connectivity index (χ0n) is 14.2. The van der Waals surface area contributed by atoms with Crippen LogP contribution in [0.3, 0.4) is 0 Å². The molecular weight excluding hydrogens is 247 g/mol. The zero-order chi connectivity index (χ0) is 15.2. The van der Waals surface area contributed by atoms with Gasteiger partial charge in [-0.1, -0.05) is 91.6 Å². The molecule has 2 rings (SSSR count). The molecule has 0 amide bonds. The van der Waals surface area contributed by atoms with Crippen molar-refractivity contribution in [1.82, 2.24) is 0 Å². The van der Waals surface area contributed by atoms with Crippen molar-refractivity contribution in [2.45, 2.75) is 97.8 Å². The van der Waals surface area contributed by atoms with Gasteiger partial charge in [0.05, 0.1) is 5.83 Å². The highest BCUT2D eigenvalue weighted by Crippen LogP contribution is 2.28. The van der Waals surface area contributed by atoms with Crippen LogP contribution in [0.4, 0.5) is 4.39 Å². The van der Waals surface area contributed by atoms with E-state index in [9.17, 15) is 4.39 Å². The fraction of sp³-hybridized carbons (Fsp3) is 0.895. The van der Waals surface area contributed by atoms with Crippen LogP contribution in [0, 0.1) is 11.8 Å². The van der Waals surface area contributed by atoms with Crippen molar-refractivity contribution in [3.05, 3.63) is 12.4 Å². The number of allylic oxidation sites excluding steroid dienone is 1. The summed E-state index contributed by atoms with van der Waals surface area (Å²) in [7, 11) is 0. The number of hydrogen-bond donors (Lipinski definition) is 0. The van der Waals surface area contributed by atoms with Gasteiger partial charge >= 0.3 is 0 Å². The quantitative estimate of drug-likeness (QED) is 0.469. The first kappa shape index (κ1) is 19.7. The Hall–Kier alpha value is -0.330. The molecule has 2 aliphatic rings. The predicted molar refractivity (Wildman–Crippen MR) is 89.7 cm³/mol. The van der Waals surface area contributed by atoms with E-state index in [0.29, 0.717) is 0 Å². The molecule has 20 heavy (non-hydrogen) atoms. The summed E-state index contributed by atoms with van der Waals surface area (Å²) in [6.45, 7) is 9.71. The van der Waals surface area contributed by atoms with E-state index >= 15 is 0 Å². The maximum Gasteiger partial charge on any atom is 0.0958 e. The van der Waals surface area contributed by atoms with Crippen molar-refractivity contribution < 1.29 is 4.39 Å². The van der Waals surface area contributed by atoms with Crippen LogP contribution in [-0.2, 0) is 0 Å². The first-order valence-electron chi connectivity index (χ1n) is 9.04. The molecule has 0 bridgehead atoms. The third-order valence-corrected chi connectivity index (χ3v) is 4.44. The van der Waals surface area contributed by atoms with Gasteiger partial charge in [0.25, 0.3) is 0 Å². The Balaban J connectivity index is 0.000000321. The average Bonchev–Trinajstić information content (AvgIpc) is 2.47. The SMILES string of the molecule is C=C(F)C1CCCCC1.CC.CC1CCCCCCC1. The van der Waals surface area contributed by atoms with Crippen LogP contribution < -0.4 is 0 Å². The second-order valence-electron chi connectivity index (χ2n) is 6.23. The minimum Gasteiger partial charge on any atom is -0.212 e. The van der Waals surface area contributed by atoms with Crippen LogP contribution in [0.2, 0.25) is 0 Å². The molecule has 0 heterocycles. The largest absolute Gasteiger partial charge is 0.212 e. The van der Waals surface area contributed by atoms with E-state index in [1.807, 2.05) is 13.8 Å². The minimum atomic E-state index is -0.102. The lowest BCUT2D eigenvalue weighted by atomic mass is 9.89. The second-order valence-corrected chi connectivity index (χ2v) is 6.23. The Morgan fingerprint density at radius 1 is 0.750 bits per heavy atom. The molecule has 0 nitrogen and oxygen atoms in total. The number of hydrogen-bond acceptors (Lipinski definition) is 0. The van der Waals surface area contributed by atoms with Gasteiger partial charge < -0.3 is 0 Å². The minimum absolute atomic E-state index is 0.102. The molecule has 0 radical (unpaired) electrons. The molecule has 2 saturated carbocycles. The van der Waals surface area contributed by atoms with Gasteiger partial charge in [0.2, 0.25) is 0 Å². The molecule has 0 saturated heterocycles. The Labute approximate surface area is 127 Å². The average molecular weight is 285 g/mol. The van der Waals surface area contributed by atoms with Gasteiger partial charge in [-0.05, 0) is 18.8 Å². The molecule has 0 aliphatic heterocycles. The van der Waals surface area contributed by atoms with Gasteiger partial charge in [-0.2, -0.15) is 0 Å². The lowest BCUT2D eigenvalue weighted by Gasteiger charge is -2.18. The maximum absolute atomic E-state index is 12.4. The van der Waals surface area contributed by atoms with Gasteiger partial charge in [-0.3, -0.25) is 0 Å². The molecule has 0 spiro atoms. The summed E-state index contributed by atoms with van der Waals surface area (Å²) in [5.74, 6) is 1.11. The van der Waals surface area contributed by atoms with Crippen LogP contribution in [0.5, 0.6) is 0 Å². The van der Waals surface area contributed by atoms with E-state index in [1.165, 1.54) is 64.2 Å². The highest BCUT2D eigenvalue weighted by atomic mass is 19.1. The first-order chi connectivity index (χ1) is 9.70. The third-order valence-electron chi connectivity index (χ3n) is 4.44. The molecule has 0 atom stereocenters. The van der Waals surface area contributed by atoms with Gasteiger partial charge in [0.1, 0.15) is 0 Å². The van der Waals surface area contributed by atoms with E-state index < -0.39 is 0 Å². The van der Waals surface area contributed by atoms with Crippen LogP contribution in [0.1, 0.15) is 97.8 Å². The molecule has 2 aliphatic carbocycles. The van der Waals surface area contributed by atoms with Gasteiger partial charge in [0, 0.05) is 5.92 Å². The van der Waals surface area contributed by atoms with Crippen molar-refractivity contribution in [3.8, 4) is 0 Å². The van der Waals surface area contributed by atoms with Crippen molar-refractivity contribution in [1.29, 1.82) is 0 Å². The zero-order valence-corrected chi connectivity index (χ0v) is 14.2. The molecule has 1 heteroatoms. The van der Waals surface area contributed by atoms with Crippen molar-refractivity contribution in [3.63, 3.8) is 0 Å². The summed E-state index contributed by atoms with van der Waals surface area (Å²) in [5, 5.41) is 0. The standard InChI is InChI=1S/C9H18.C8H13F.C2H6/c1-9-7-5-3-2-4-6-8-9;1-7(9)8-5-3-2-4-6-8;1-2/h9H,2-8H2,1H3;8H,1-6H2;1-2H3. The second kappa shape index (κ2) is 13.6. The Kier molecular flexibility index (Phi) is 13.4. The van der Waals surface area contributed by atoms with Crippen LogP contribution in [0.25, 0.3) is 0 Å². The molecule has 0 aromatic heterocycles. The normalized spacial score (nSPS) is 21.4. The van der Waals surface area contributed by atoms with Crippen molar-refractivity contribution in [2.75, 3.05) is 0 Å². The van der Waals surface area contributed by atoms with E-state index in [0.717, 1.165) is 18.8 Å². The lowest BCUT2D eigenvalue weighted by molar-refractivity contribution is 0.349. The fourth-order valence-corrected chi connectivity index (χ4v) is 3.08. The predicted octanol–water partition coefficient (Wildman–Crippen LogP) is 7.44. The molecule has 0 aromatic rings. The van der Waals surface area contributed by atoms with Gasteiger partial charge in [0.15, 0.2) is 0 Å². The van der Waals surface area contributed by atoms with Gasteiger partial charge in [-0.15, -0.1) is 0 Å². The molecule has 2 fully saturated rings. The molecule has 0 N–H and O–H groups in total. The summed E-state index contributed by atoms with van der Waals surface area (Å²) in [6, 6.07) is 0.